The van der Waals surface area contributed by atoms with Crippen molar-refractivity contribution >= 4 is 11.7 Å². The summed E-state index contributed by atoms with van der Waals surface area (Å²) in [6, 6.07) is 5.22. The zero-order valence-electron chi connectivity index (χ0n) is 14.3. The Bertz CT molecular complexity index is 799. The number of halogens is 2. The average Bonchev–Trinajstić information content (AvgIpc) is 3.00. The molecule has 134 valence electrons. The fourth-order valence-electron chi connectivity index (χ4n) is 2.85. The lowest BCUT2D eigenvalue weighted by Crippen LogP contribution is -2.29. The number of alkyl halides is 2. The summed E-state index contributed by atoms with van der Waals surface area (Å²) in [7, 11) is 1.90. The molecular weight excluding hydrogens is 332 g/mol. The first-order valence-corrected chi connectivity index (χ1v) is 7.95. The number of para-hydroxylation sites is 1. The van der Waals surface area contributed by atoms with E-state index in [1.54, 1.807) is 19.1 Å². The number of rotatable bonds is 4. The topological polar surface area (TPSA) is 56.6 Å². The summed E-state index contributed by atoms with van der Waals surface area (Å²) in [5.74, 6) is -3.66. The van der Waals surface area contributed by atoms with E-state index in [9.17, 15) is 13.6 Å². The second kappa shape index (κ2) is 6.34. The number of anilines is 1. The monoisotopic (exact) mass is 351 g/mol. The Kier molecular flexibility index (Phi) is 4.36. The van der Waals surface area contributed by atoms with E-state index in [1.165, 1.54) is 0 Å². The molecule has 2 heterocycles. The number of carbonyl (C=O) groups is 1. The van der Waals surface area contributed by atoms with Gasteiger partial charge in [0.15, 0.2) is 5.75 Å². The molecule has 0 unspecified atom stereocenters. The minimum atomic E-state index is -3.29. The van der Waals surface area contributed by atoms with Crippen LogP contribution in [-0.2, 0) is 10.7 Å². The fourth-order valence-corrected chi connectivity index (χ4v) is 2.85. The number of likely N-dealkylation sites (N-methyl/N-ethyl adjacent to an activating group) is 1. The van der Waals surface area contributed by atoms with Crippen LogP contribution in [0.2, 0.25) is 0 Å². The molecule has 0 radical (unpaired) electrons. The van der Waals surface area contributed by atoms with Crippen LogP contribution >= 0.6 is 0 Å². The largest absolute Gasteiger partial charge is 0.487 e. The Morgan fingerprint density at radius 1 is 1.40 bits per heavy atom. The maximum Gasteiger partial charge on any atom is 0.341 e. The number of nitrogens with zero attached hydrogens (tertiary/aromatic N) is 3. The maximum atomic E-state index is 14.3. The highest BCUT2D eigenvalue weighted by molar-refractivity contribution is 5.91. The van der Waals surface area contributed by atoms with Gasteiger partial charge in [-0.25, -0.2) is 9.48 Å². The number of aromatic nitrogens is 2. The molecule has 6 nitrogen and oxygen atoms in total. The summed E-state index contributed by atoms with van der Waals surface area (Å²) in [5, 5.41) is 4.03. The predicted octanol–water partition coefficient (Wildman–Crippen LogP) is 2.99. The number of hydrogen-bond donors (Lipinski definition) is 0. The first kappa shape index (κ1) is 17.2. The number of benzene rings is 1. The van der Waals surface area contributed by atoms with E-state index in [4.69, 9.17) is 9.47 Å². The number of fused-ring (bicyclic) bond motifs is 1. The number of esters is 1. The standard InChI is InChI=1S/C17H19F2N3O3/c1-4-24-16(23)11-10-20-22(15(11)17(2,18)19)13-7-5-6-12-14(13)25-9-8-21(12)3/h5-7,10H,4,8-9H2,1-3H3. The van der Waals surface area contributed by atoms with Crippen molar-refractivity contribution in [3.63, 3.8) is 0 Å². The Balaban J connectivity index is 2.19. The molecule has 0 aliphatic carbocycles. The minimum absolute atomic E-state index is 0.0907. The van der Waals surface area contributed by atoms with Gasteiger partial charge in [0.1, 0.15) is 23.6 Å². The van der Waals surface area contributed by atoms with E-state index >= 15 is 0 Å². The van der Waals surface area contributed by atoms with Gasteiger partial charge >= 0.3 is 5.97 Å². The molecule has 8 heteroatoms. The van der Waals surface area contributed by atoms with Crippen LogP contribution < -0.4 is 9.64 Å². The van der Waals surface area contributed by atoms with Crippen LogP contribution in [0.1, 0.15) is 29.9 Å². The molecule has 1 aliphatic heterocycles. The Labute approximate surface area is 143 Å². The molecule has 1 aromatic heterocycles. The molecule has 25 heavy (non-hydrogen) atoms. The lowest BCUT2D eigenvalue weighted by atomic mass is 10.1. The van der Waals surface area contributed by atoms with E-state index in [2.05, 4.69) is 5.10 Å². The summed E-state index contributed by atoms with van der Waals surface area (Å²) in [4.78, 5) is 14.0. The summed E-state index contributed by atoms with van der Waals surface area (Å²) in [5.41, 5.74) is 0.366. The average molecular weight is 351 g/mol. The van der Waals surface area contributed by atoms with Gasteiger partial charge in [-0.05, 0) is 19.1 Å². The van der Waals surface area contributed by atoms with Crippen LogP contribution in [0.5, 0.6) is 5.75 Å². The highest BCUT2D eigenvalue weighted by Gasteiger charge is 2.37. The van der Waals surface area contributed by atoms with Gasteiger partial charge in [0.25, 0.3) is 5.92 Å². The molecule has 1 aliphatic rings. The summed E-state index contributed by atoms with van der Waals surface area (Å²) in [6.45, 7) is 3.56. The first-order valence-electron chi connectivity index (χ1n) is 7.95. The van der Waals surface area contributed by atoms with E-state index in [-0.39, 0.29) is 12.2 Å². The van der Waals surface area contributed by atoms with Crippen molar-refractivity contribution in [2.24, 2.45) is 0 Å². The minimum Gasteiger partial charge on any atom is -0.487 e. The van der Waals surface area contributed by atoms with Crippen LogP contribution in [0, 0.1) is 0 Å². The lowest BCUT2D eigenvalue weighted by molar-refractivity contribution is 0.00747. The van der Waals surface area contributed by atoms with Gasteiger partial charge in [0, 0.05) is 14.0 Å². The smallest absolute Gasteiger partial charge is 0.341 e. The van der Waals surface area contributed by atoms with Gasteiger partial charge in [-0.3, -0.25) is 0 Å². The number of hydrogen-bond acceptors (Lipinski definition) is 5. The van der Waals surface area contributed by atoms with E-state index < -0.39 is 17.6 Å². The SMILES string of the molecule is CCOC(=O)c1cnn(-c2cccc3c2OCCN3C)c1C(C)(F)F. The first-order chi connectivity index (χ1) is 11.8. The molecule has 0 saturated carbocycles. The molecule has 0 amide bonds. The Hall–Kier alpha value is -2.64. The molecular formula is C17H19F2N3O3. The van der Waals surface area contributed by atoms with E-state index in [1.807, 2.05) is 18.0 Å². The zero-order chi connectivity index (χ0) is 18.2. The molecule has 0 spiro atoms. The quantitative estimate of drug-likeness (QED) is 0.793. The van der Waals surface area contributed by atoms with Crippen molar-refractivity contribution in [3.8, 4) is 11.4 Å². The van der Waals surface area contributed by atoms with Gasteiger partial charge < -0.3 is 14.4 Å². The van der Waals surface area contributed by atoms with Crippen LogP contribution in [-0.4, -0.2) is 42.6 Å². The third kappa shape index (κ3) is 3.04. The van der Waals surface area contributed by atoms with Gasteiger partial charge in [-0.1, -0.05) is 6.07 Å². The van der Waals surface area contributed by atoms with Crippen molar-refractivity contribution in [2.45, 2.75) is 19.8 Å². The van der Waals surface area contributed by atoms with Crippen molar-refractivity contribution in [2.75, 3.05) is 31.7 Å². The summed E-state index contributed by atoms with van der Waals surface area (Å²) < 4.78 is 40.2. The normalized spacial score (nSPS) is 14.0. The highest BCUT2D eigenvalue weighted by atomic mass is 19.3. The molecule has 0 bridgehead atoms. The van der Waals surface area contributed by atoms with Crippen LogP contribution in [0.15, 0.2) is 24.4 Å². The van der Waals surface area contributed by atoms with Crippen molar-refractivity contribution in [1.82, 2.24) is 9.78 Å². The van der Waals surface area contributed by atoms with Crippen LogP contribution in [0.3, 0.4) is 0 Å². The third-order valence-electron chi connectivity index (χ3n) is 3.97. The van der Waals surface area contributed by atoms with E-state index in [0.717, 1.165) is 23.5 Å². The zero-order valence-corrected chi connectivity index (χ0v) is 14.3. The lowest BCUT2D eigenvalue weighted by Gasteiger charge is -2.29. The van der Waals surface area contributed by atoms with Gasteiger partial charge in [0.05, 0.1) is 25.0 Å². The number of ether oxygens (including phenoxy) is 2. The maximum absolute atomic E-state index is 14.3. The van der Waals surface area contributed by atoms with E-state index in [0.29, 0.717) is 24.6 Å². The molecule has 1 aromatic carbocycles. The van der Waals surface area contributed by atoms with Gasteiger partial charge in [0.2, 0.25) is 0 Å². The van der Waals surface area contributed by atoms with Crippen molar-refractivity contribution < 1.29 is 23.0 Å². The van der Waals surface area contributed by atoms with Crippen molar-refractivity contribution in [1.29, 1.82) is 0 Å². The highest BCUT2D eigenvalue weighted by Crippen LogP contribution is 2.39. The molecule has 0 atom stereocenters. The van der Waals surface area contributed by atoms with Crippen LogP contribution in [0.25, 0.3) is 5.69 Å². The van der Waals surface area contributed by atoms with Gasteiger partial charge in [-0.15, -0.1) is 0 Å². The molecule has 0 N–H and O–H groups in total. The Morgan fingerprint density at radius 3 is 2.80 bits per heavy atom. The number of carbonyl (C=O) groups excluding carboxylic acids is 1. The molecule has 0 fully saturated rings. The predicted molar refractivity (Wildman–Crippen MR) is 87.9 cm³/mol. The Morgan fingerprint density at radius 2 is 2.12 bits per heavy atom. The fraction of sp³-hybridized carbons (Fsp3) is 0.412. The molecule has 2 aromatic rings. The summed E-state index contributed by atoms with van der Waals surface area (Å²) >= 11 is 0. The van der Waals surface area contributed by atoms with Crippen LogP contribution in [0.4, 0.5) is 14.5 Å². The van der Waals surface area contributed by atoms with Crippen molar-refractivity contribution in [3.05, 3.63) is 35.7 Å². The molecule has 0 saturated heterocycles. The summed E-state index contributed by atoms with van der Waals surface area (Å²) in [6.07, 6.45) is 1.11. The second-order valence-corrected chi connectivity index (χ2v) is 5.82. The molecule has 3 rings (SSSR count). The van der Waals surface area contributed by atoms with Gasteiger partial charge in [-0.2, -0.15) is 13.9 Å². The third-order valence-corrected chi connectivity index (χ3v) is 3.97. The second-order valence-electron chi connectivity index (χ2n) is 5.82.